The first-order valence-electron chi connectivity index (χ1n) is 10.7. The summed E-state index contributed by atoms with van der Waals surface area (Å²) in [4.78, 5) is 17.4. The third-order valence-corrected chi connectivity index (χ3v) is 7.89. The SMILES string of the molecule is COc1ccc([C@@H]2N(C(=O)CN3CCCCC3)CCN2S(=O)(=O)c2ccccc2)cc1. The van der Waals surface area contributed by atoms with Gasteiger partial charge in [0, 0.05) is 13.1 Å². The van der Waals surface area contributed by atoms with Gasteiger partial charge in [0.15, 0.2) is 0 Å². The fraction of sp³-hybridized carbons (Fsp3) is 0.435. The summed E-state index contributed by atoms with van der Waals surface area (Å²) in [5.74, 6) is 0.652. The molecule has 0 unspecified atom stereocenters. The van der Waals surface area contributed by atoms with E-state index >= 15 is 0 Å². The maximum atomic E-state index is 13.5. The number of amides is 1. The van der Waals surface area contributed by atoms with Crippen molar-refractivity contribution in [1.82, 2.24) is 14.1 Å². The van der Waals surface area contributed by atoms with Crippen LogP contribution in [-0.4, -0.2) is 68.3 Å². The van der Waals surface area contributed by atoms with Gasteiger partial charge in [0.2, 0.25) is 15.9 Å². The largest absolute Gasteiger partial charge is 0.497 e. The molecule has 0 aliphatic carbocycles. The average Bonchev–Trinajstić information content (AvgIpc) is 3.27. The summed E-state index contributed by atoms with van der Waals surface area (Å²) in [6.45, 7) is 2.79. The van der Waals surface area contributed by atoms with E-state index in [1.54, 1.807) is 54.5 Å². The second-order valence-electron chi connectivity index (χ2n) is 8.00. The smallest absolute Gasteiger partial charge is 0.245 e. The zero-order valence-corrected chi connectivity index (χ0v) is 18.6. The van der Waals surface area contributed by atoms with E-state index in [1.165, 1.54) is 10.7 Å². The lowest BCUT2D eigenvalue weighted by atomic mass is 10.1. The van der Waals surface area contributed by atoms with Crippen LogP contribution in [0.25, 0.3) is 0 Å². The Morgan fingerprint density at radius 1 is 0.935 bits per heavy atom. The molecule has 1 amide bonds. The Balaban J connectivity index is 1.65. The second kappa shape index (κ2) is 9.38. The first kappa shape index (κ1) is 21.8. The van der Waals surface area contributed by atoms with Crippen molar-refractivity contribution >= 4 is 15.9 Å². The Morgan fingerprint density at radius 2 is 1.61 bits per heavy atom. The average molecular weight is 444 g/mol. The first-order valence-corrected chi connectivity index (χ1v) is 12.2. The Hall–Kier alpha value is -2.42. The van der Waals surface area contributed by atoms with Crippen LogP contribution in [0.4, 0.5) is 0 Å². The van der Waals surface area contributed by atoms with Crippen LogP contribution in [0.1, 0.15) is 31.0 Å². The van der Waals surface area contributed by atoms with Gasteiger partial charge in [-0.2, -0.15) is 4.31 Å². The summed E-state index contributed by atoms with van der Waals surface area (Å²) in [6, 6.07) is 15.7. The fourth-order valence-electron chi connectivity index (χ4n) is 4.37. The Morgan fingerprint density at radius 3 is 2.26 bits per heavy atom. The first-order chi connectivity index (χ1) is 15.0. The van der Waals surface area contributed by atoms with Gasteiger partial charge in [-0.05, 0) is 55.8 Å². The van der Waals surface area contributed by atoms with Crippen LogP contribution < -0.4 is 4.74 Å². The van der Waals surface area contributed by atoms with E-state index in [1.807, 2.05) is 12.1 Å². The lowest BCUT2D eigenvalue weighted by Crippen LogP contribution is -2.44. The molecule has 2 saturated heterocycles. The normalized spacial score (nSPS) is 20.7. The number of carbonyl (C=O) groups excluding carboxylic acids is 1. The van der Waals surface area contributed by atoms with E-state index in [0.717, 1.165) is 31.5 Å². The molecule has 2 aromatic carbocycles. The van der Waals surface area contributed by atoms with Crippen LogP contribution in [-0.2, 0) is 14.8 Å². The minimum Gasteiger partial charge on any atom is -0.497 e. The monoisotopic (exact) mass is 443 g/mol. The van der Waals surface area contributed by atoms with Crippen molar-refractivity contribution in [2.24, 2.45) is 0 Å². The fourth-order valence-corrected chi connectivity index (χ4v) is 5.96. The topological polar surface area (TPSA) is 70.2 Å². The van der Waals surface area contributed by atoms with Crippen molar-refractivity contribution < 1.29 is 17.9 Å². The second-order valence-corrected chi connectivity index (χ2v) is 9.89. The number of likely N-dealkylation sites (tertiary alicyclic amines) is 1. The molecule has 0 bridgehead atoms. The van der Waals surface area contributed by atoms with Gasteiger partial charge in [0.05, 0.1) is 18.6 Å². The van der Waals surface area contributed by atoms with Gasteiger partial charge < -0.3 is 9.64 Å². The number of sulfonamides is 1. The highest BCUT2D eigenvalue weighted by molar-refractivity contribution is 7.89. The number of methoxy groups -OCH3 is 1. The van der Waals surface area contributed by atoms with Crippen LogP contribution in [0.2, 0.25) is 0 Å². The van der Waals surface area contributed by atoms with Crippen LogP contribution in [0, 0.1) is 0 Å². The van der Waals surface area contributed by atoms with Crippen molar-refractivity contribution in [3.63, 3.8) is 0 Å². The predicted molar refractivity (Wildman–Crippen MR) is 118 cm³/mol. The molecule has 2 aromatic rings. The van der Waals surface area contributed by atoms with Gasteiger partial charge in [-0.1, -0.05) is 36.8 Å². The summed E-state index contributed by atoms with van der Waals surface area (Å²) in [7, 11) is -2.17. The molecule has 0 radical (unpaired) electrons. The molecule has 2 aliphatic rings. The molecule has 2 heterocycles. The third kappa shape index (κ3) is 4.61. The Kier molecular flexibility index (Phi) is 6.60. The molecule has 7 nitrogen and oxygen atoms in total. The molecule has 0 N–H and O–H groups in total. The number of carbonyl (C=O) groups is 1. The lowest BCUT2D eigenvalue weighted by molar-refractivity contribution is -0.134. The van der Waals surface area contributed by atoms with Gasteiger partial charge in [-0.15, -0.1) is 0 Å². The van der Waals surface area contributed by atoms with E-state index in [-0.39, 0.29) is 17.3 Å². The maximum Gasteiger partial charge on any atom is 0.245 e. The molecule has 1 atom stereocenters. The van der Waals surface area contributed by atoms with Gasteiger partial charge in [0.1, 0.15) is 11.9 Å². The van der Waals surface area contributed by atoms with Gasteiger partial charge in [0.25, 0.3) is 0 Å². The molecule has 166 valence electrons. The molecule has 0 aromatic heterocycles. The van der Waals surface area contributed by atoms with Crippen molar-refractivity contribution in [2.75, 3.05) is 39.8 Å². The van der Waals surface area contributed by atoms with Gasteiger partial charge >= 0.3 is 0 Å². The highest BCUT2D eigenvalue weighted by atomic mass is 32.2. The summed E-state index contributed by atoms with van der Waals surface area (Å²) < 4.78 is 33.6. The van der Waals surface area contributed by atoms with Crippen molar-refractivity contribution in [3.05, 3.63) is 60.2 Å². The van der Waals surface area contributed by atoms with Crippen LogP contribution in [0.5, 0.6) is 5.75 Å². The van der Waals surface area contributed by atoms with E-state index in [0.29, 0.717) is 18.8 Å². The minimum atomic E-state index is -3.76. The zero-order valence-electron chi connectivity index (χ0n) is 17.8. The summed E-state index contributed by atoms with van der Waals surface area (Å²) >= 11 is 0. The summed E-state index contributed by atoms with van der Waals surface area (Å²) in [5, 5.41) is 0. The molecular formula is C23H29N3O4S. The Labute approximate surface area is 184 Å². The summed E-state index contributed by atoms with van der Waals surface area (Å²) in [5.41, 5.74) is 0.754. The van der Waals surface area contributed by atoms with E-state index < -0.39 is 16.2 Å². The zero-order chi connectivity index (χ0) is 21.8. The maximum absolute atomic E-state index is 13.5. The molecule has 2 fully saturated rings. The van der Waals surface area contributed by atoms with Crippen LogP contribution in [0.3, 0.4) is 0 Å². The van der Waals surface area contributed by atoms with E-state index in [4.69, 9.17) is 4.74 Å². The van der Waals surface area contributed by atoms with Gasteiger partial charge in [-0.25, -0.2) is 8.42 Å². The number of benzene rings is 2. The Bertz CT molecular complexity index is 989. The molecule has 31 heavy (non-hydrogen) atoms. The van der Waals surface area contributed by atoms with Crippen molar-refractivity contribution in [1.29, 1.82) is 0 Å². The third-order valence-electron chi connectivity index (χ3n) is 6.02. The number of hydrogen-bond donors (Lipinski definition) is 0. The van der Waals surface area contributed by atoms with Gasteiger partial charge in [-0.3, -0.25) is 9.69 Å². The molecule has 8 heteroatoms. The van der Waals surface area contributed by atoms with E-state index in [9.17, 15) is 13.2 Å². The lowest BCUT2D eigenvalue weighted by Gasteiger charge is -2.33. The highest BCUT2D eigenvalue weighted by Crippen LogP contribution is 2.35. The molecule has 4 rings (SSSR count). The van der Waals surface area contributed by atoms with Crippen molar-refractivity contribution in [2.45, 2.75) is 30.3 Å². The highest BCUT2D eigenvalue weighted by Gasteiger charge is 2.43. The standard InChI is InChI=1S/C23H29N3O4S/c1-30-20-12-10-19(11-13-20)23-25(22(27)18-24-14-6-3-7-15-24)16-17-26(23)31(28,29)21-8-4-2-5-9-21/h2,4-5,8-13,23H,3,6-7,14-18H2,1H3/t23-/m1/s1. The molecule has 0 saturated carbocycles. The van der Waals surface area contributed by atoms with Crippen molar-refractivity contribution in [3.8, 4) is 5.75 Å². The number of rotatable bonds is 6. The quantitative estimate of drug-likeness (QED) is 0.687. The number of piperidine rings is 1. The molecular weight excluding hydrogens is 414 g/mol. The minimum absolute atomic E-state index is 0.0338. The number of ether oxygens (including phenoxy) is 1. The van der Waals surface area contributed by atoms with Crippen LogP contribution >= 0.6 is 0 Å². The number of nitrogens with zero attached hydrogens (tertiary/aromatic N) is 3. The molecule has 2 aliphatic heterocycles. The number of hydrogen-bond acceptors (Lipinski definition) is 5. The molecule has 0 spiro atoms. The predicted octanol–water partition coefficient (Wildman–Crippen LogP) is 2.71. The summed E-state index contributed by atoms with van der Waals surface area (Å²) in [6.07, 6.45) is 2.73. The van der Waals surface area contributed by atoms with Crippen LogP contribution in [0.15, 0.2) is 59.5 Å². The van der Waals surface area contributed by atoms with E-state index in [2.05, 4.69) is 4.90 Å².